The normalized spacial score (nSPS) is 9.92. The largest absolute Gasteiger partial charge is 0.434 e. The predicted octanol–water partition coefficient (Wildman–Crippen LogP) is 1.65. The van der Waals surface area contributed by atoms with Crippen LogP contribution in [0.2, 0.25) is 5.15 Å². The van der Waals surface area contributed by atoms with E-state index in [0.29, 0.717) is 16.8 Å². The van der Waals surface area contributed by atoms with Gasteiger partial charge in [0.2, 0.25) is 5.88 Å². The Balaban J connectivity index is 2.15. The zero-order valence-electron chi connectivity index (χ0n) is 6.44. The Hall–Kier alpha value is -1.62. The number of nitrogens with zero attached hydrogens (tertiary/aromatic N) is 3. The third kappa shape index (κ3) is 1.94. The Morgan fingerprint density at radius 2 is 2.23 bits per heavy atom. The SMILES string of the molecule is Clc1ccc(Oc2cn[nH]c2)nn1. The highest BCUT2D eigenvalue weighted by Gasteiger charge is 1.99. The Bertz CT molecular complexity index is 372. The van der Waals surface area contributed by atoms with Gasteiger partial charge < -0.3 is 4.74 Å². The number of H-pyrrole nitrogens is 1. The highest BCUT2D eigenvalue weighted by molar-refractivity contribution is 6.29. The van der Waals surface area contributed by atoms with E-state index in [2.05, 4.69) is 20.4 Å². The maximum atomic E-state index is 5.55. The topological polar surface area (TPSA) is 63.7 Å². The standard InChI is InChI=1S/C7H5ClN4O/c8-6-1-2-7(12-11-6)13-5-3-9-10-4-5/h1-4H,(H,9,10). The molecule has 0 amide bonds. The van der Waals surface area contributed by atoms with Crippen LogP contribution in [0.15, 0.2) is 24.5 Å². The fraction of sp³-hybridized carbons (Fsp3) is 0. The maximum Gasteiger partial charge on any atom is 0.239 e. The van der Waals surface area contributed by atoms with Crippen molar-refractivity contribution in [2.45, 2.75) is 0 Å². The molecule has 2 rings (SSSR count). The molecule has 0 spiro atoms. The van der Waals surface area contributed by atoms with Crippen molar-refractivity contribution in [3.8, 4) is 11.6 Å². The van der Waals surface area contributed by atoms with Gasteiger partial charge in [-0.15, -0.1) is 10.2 Å². The molecule has 5 nitrogen and oxygen atoms in total. The van der Waals surface area contributed by atoms with Crippen molar-refractivity contribution in [1.29, 1.82) is 0 Å². The molecule has 0 bridgehead atoms. The lowest BCUT2D eigenvalue weighted by atomic mass is 10.5. The van der Waals surface area contributed by atoms with Crippen LogP contribution in [0.25, 0.3) is 0 Å². The fourth-order valence-corrected chi connectivity index (χ4v) is 0.875. The molecule has 0 aliphatic carbocycles. The molecule has 0 fully saturated rings. The van der Waals surface area contributed by atoms with E-state index in [4.69, 9.17) is 16.3 Å². The smallest absolute Gasteiger partial charge is 0.239 e. The average molecular weight is 197 g/mol. The molecule has 0 radical (unpaired) electrons. The molecule has 0 unspecified atom stereocenters. The van der Waals surface area contributed by atoms with E-state index in [1.54, 1.807) is 18.3 Å². The first-order valence-electron chi connectivity index (χ1n) is 3.50. The summed E-state index contributed by atoms with van der Waals surface area (Å²) in [7, 11) is 0. The summed E-state index contributed by atoms with van der Waals surface area (Å²) < 4.78 is 5.25. The summed E-state index contributed by atoms with van der Waals surface area (Å²) in [4.78, 5) is 0. The molecule has 1 N–H and O–H groups in total. The number of hydrogen-bond acceptors (Lipinski definition) is 4. The van der Waals surface area contributed by atoms with Crippen molar-refractivity contribution >= 4 is 11.6 Å². The number of rotatable bonds is 2. The van der Waals surface area contributed by atoms with Gasteiger partial charge in [-0.25, -0.2) is 0 Å². The zero-order valence-corrected chi connectivity index (χ0v) is 7.19. The summed E-state index contributed by atoms with van der Waals surface area (Å²) in [5.74, 6) is 0.961. The lowest BCUT2D eigenvalue weighted by Gasteiger charge is -1.98. The van der Waals surface area contributed by atoms with Crippen LogP contribution in [0.1, 0.15) is 0 Å². The van der Waals surface area contributed by atoms with Crippen LogP contribution >= 0.6 is 11.6 Å². The van der Waals surface area contributed by atoms with Crippen LogP contribution in [0, 0.1) is 0 Å². The third-order valence-electron chi connectivity index (χ3n) is 1.30. The number of halogens is 1. The van der Waals surface area contributed by atoms with E-state index in [-0.39, 0.29) is 0 Å². The van der Waals surface area contributed by atoms with Crippen LogP contribution < -0.4 is 4.74 Å². The summed E-state index contributed by atoms with van der Waals surface area (Å²) in [6.07, 6.45) is 3.15. The van der Waals surface area contributed by atoms with E-state index in [1.807, 2.05) is 0 Å². The number of hydrogen-bond donors (Lipinski definition) is 1. The molecule has 2 aromatic rings. The molecular weight excluding hydrogens is 192 g/mol. The van der Waals surface area contributed by atoms with Crippen molar-refractivity contribution in [3.63, 3.8) is 0 Å². The van der Waals surface area contributed by atoms with Gasteiger partial charge in [0.05, 0.1) is 12.4 Å². The molecule has 0 aromatic carbocycles. The van der Waals surface area contributed by atoms with E-state index in [1.165, 1.54) is 6.20 Å². The quantitative estimate of drug-likeness (QED) is 0.793. The fourth-order valence-electron chi connectivity index (χ4n) is 0.774. The van der Waals surface area contributed by atoms with Crippen LogP contribution in [0.4, 0.5) is 0 Å². The molecule has 2 aromatic heterocycles. The van der Waals surface area contributed by atoms with E-state index in [0.717, 1.165) is 0 Å². The minimum Gasteiger partial charge on any atom is -0.434 e. The number of aromatic nitrogens is 4. The molecule has 2 heterocycles. The summed E-state index contributed by atoms with van der Waals surface area (Å²) in [5.41, 5.74) is 0. The second-order valence-corrected chi connectivity index (χ2v) is 2.62. The molecule has 0 saturated heterocycles. The highest BCUT2D eigenvalue weighted by Crippen LogP contribution is 2.16. The lowest BCUT2D eigenvalue weighted by Crippen LogP contribution is -1.88. The third-order valence-corrected chi connectivity index (χ3v) is 1.50. The van der Waals surface area contributed by atoms with Gasteiger partial charge in [-0.3, -0.25) is 5.10 Å². The van der Waals surface area contributed by atoms with Crippen LogP contribution in [0.5, 0.6) is 11.6 Å². The van der Waals surface area contributed by atoms with Crippen molar-refractivity contribution in [2.24, 2.45) is 0 Å². The molecule has 0 aliphatic rings. The van der Waals surface area contributed by atoms with Crippen molar-refractivity contribution in [2.75, 3.05) is 0 Å². The minimum absolute atomic E-state index is 0.333. The monoisotopic (exact) mass is 196 g/mol. The van der Waals surface area contributed by atoms with E-state index in [9.17, 15) is 0 Å². The summed E-state index contributed by atoms with van der Waals surface area (Å²) >= 11 is 5.55. The first kappa shape index (κ1) is 8.00. The Morgan fingerprint density at radius 3 is 2.85 bits per heavy atom. The molecule has 6 heteroatoms. The molecular formula is C7H5ClN4O. The van der Waals surface area contributed by atoms with Gasteiger partial charge in [-0.2, -0.15) is 5.10 Å². The molecule has 66 valence electrons. The van der Waals surface area contributed by atoms with Gasteiger partial charge in [0, 0.05) is 6.07 Å². The average Bonchev–Trinajstić information content (AvgIpc) is 2.62. The van der Waals surface area contributed by atoms with Gasteiger partial charge in [0.1, 0.15) is 0 Å². The van der Waals surface area contributed by atoms with E-state index >= 15 is 0 Å². The van der Waals surface area contributed by atoms with Crippen molar-refractivity contribution in [3.05, 3.63) is 29.7 Å². The first-order chi connectivity index (χ1) is 6.34. The maximum absolute atomic E-state index is 5.55. The number of aromatic amines is 1. The molecule has 13 heavy (non-hydrogen) atoms. The molecule has 0 atom stereocenters. The molecule has 0 saturated carbocycles. The van der Waals surface area contributed by atoms with Gasteiger partial charge in [0.25, 0.3) is 0 Å². The van der Waals surface area contributed by atoms with Crippen LogP contribution in [0.3, 0.4) is 0 Å². The Labute approximate surface area is 78.7 Å². The summed E-state index contributed by atoms with van der Waals surface area (Å²) in [6, 6.07) is 3.23. The Morgan fingerprint density at radius 1 is 1.31 bits per heavy atom. The Kier molecular flexibility index (Phi) is 2.09. The summed E-state index contributed by atoms with van der Waals surface area (Å²) in [5, 5.41) is 14.0. The summed E-state index contributed by atoms with van der Waals surface area (Å²) in [6.45, 7) is 0. The lowest BCUT2D eigenvalue weighted by molar-refractivity contribution is 0.455. The van der Waals surface area contributed by atoms with Gasteiger partial charge >= 0.3 is 0 Å². The van der Waals surface area contributed by atoms with Crippen molar-refractivity contribution in [1.82, 2.24) is 20.4 Å². The van der Waals surface area contributed by atoms with Gasteiger partial charge in [-0.1, -0.05) is 11.6 Å². The second kappa shape index (κ2) is 3.40. The molecule has 0 aliphatic heterocycles. The predicted molar refractivity (Wildman–Crippen MR) is 45.7 cm³/mol. The van der Waals surface area contributed by atoms with E-state index < -0.39 is 0 Å². The number of nitrogens with one attached hydrogen (secondary N) is 1. The zero-order chi connectivity index (χ0) is 9.10. The number of ether oxygens (including phenoxy) is 1. The van der Waals surface area contributed by atoms with Crippen LogP contribution in [-0.4, -0.2) is 20.4 Å². The van der Waals surface area contributed by atoms with Crippen LogP contribution in [-0.2, 0) is 0 Å². The second-order valence-electron chi connectivity index (χ2n) is 2.23. The first-order valence-corrected chi connectivity index (χ1v) is 3.88. The highest BCUT2D eigenvalue weighted by atomic mass is 35.5. The minimum atomic E-state index is 0.333. The van der Waals surface area contributed by atoms with Crippen molar-refractivity contribution < 1.29 is 4.74 Å². The van der Waals surface area contributed by atoms with Gasteiger partial charge in [0.15, 0.2) is 10.9 Å². The van der Waals surface area contributed by atoms with Gasteiger partial charge in [-0.05, 0) is 6.07 Å².